The van der Waals surface area contributed by atoms with Crippen molar-refractivity contribution in [2.75, 3.05) is 0 Å². The maximum Gasteiger partial charge on any atom is 0.304 e. The number of aliphatic carboxylic acids is 1. The summed E-state index contributed by atoms with van der Waals surface area (Å²) in [6.45, 7) is 3.45. The minimum atomic E-state index is -0.780. The summed E-state index contributed by atoms with van der Waals surface area (Å²) >= 11 is 0. The third-order valence-corrected chi connectivity index (χ3v) is 3.39. The predicted molar refractivity (Wildman–Crippen MR) is 59.0 cm³/mol. The molecule has 2 rings (SSSR count). The monoisotopic (exact) mass is 222 g/mol. The Morgan fingerprint density at radius 3 is 2.25 bits per heavy atom. The first-order valence-corrected chi connectivity index (χ1v) is 5.44. The highest BCUT2D eigenvalue weighted by molar-refractivity contribution is 5.70. The number of aryl methyl sites for hydroxylation is 2. The van der Waals surface area contributed by atoms with Crippen LogP contribution in [0.15, 0.2) is 12.1 Å². The molecule has 0 bridgehead atoms. The first kappa shape index (κ1) is 11.1. The molecule has 0 saturated heterocycles. The van der Waals surface area contributed by atoms with Crippen molar-refractivity contribution in [2.45, 2.75) is 38.5 Å². The molecule has 0 aromatic heterocycles. The molecule has 3 heteroatoms. The van der Waals surface area contributed by atoms with Crippen LogP contribution in [0, 0.1) is 19.7 Å². The number of benzene rings is 1. The van der Waals surface area contributed by atoms with Crippen LogP contribution in [-0.2, 0) is 10.2 Å². The molecule has 0 amide bonds. The van der Waals surface area contributed by atoms with Gasteiger partial charge in [-0.05, 0) is 43.4 Å². The summed E-state index contributed by atoms with van der Waals surface area (Å²) in [7, 11) is 0. The number of hydrogen-bond acceptors (Lipinski definition) is 1. The van der Waals surface area contributed by atoms with Gasteiger partial charge in [-0.15, -0.1) is 0 Å². The van der Waals surface area contributed by atoms with Crippen LogP contribution in [0.5, 0.6) is 0 Å². The second-order valence-corrected chi connectivity index (χ2v) is 4.77. The third-order valence-electron chi connectivity index (χ3n) is 3.39. The molecule has 0 heterocycles. The Bertz CT molecular complexity index is 424. The standard InChI is InChI=1S/C13H15FO2/c1-8-5-10(6-9(2)12(8)14)13(3-4-13)7-11(15)16/h5-6H,3-4,7H2,1-2H3,(H,15,16). The molecular formula is C13H15FO2. The number of halogens is 1. The van der Waals surface area contributed by atoms with Crippen molar-refractivity contribution in [3.8, 4) is 0 Å². The Labute approximate surface area is 94.1 Å². The molecule has 1 aliphatic rings. The number of rotatable bonds is 3. The summed E-state index contributed by atoms with van der Waals surface area (Å²) in [6.07, 6.45) is 1.94. The molecule has 1 N–H and O–H groups in total. The van der Waals surface area contributed by atoms with Crippen molar-refractivity contribution in [3.05, 3.63) is 34.6 Å². The molecular weight excluding hydrogens is 207 g/mol. The van der Waals surface area contributed by atoms with Crippen LogP contribution in [0.25, 0.3) is 0 Å². The van der Waals surface area contributed by atoms with Gasteiger partial charge in [-0.2, -0.15) is 0 Å². The summed E-state index contributed by atoms with van der Waals surface area (Å²) in [6, 6.07) is 3.58. The maximum absolute atomic E-state index is 13.5. The number of carboxylic acids is 1. The van der Waals surface area contributed by atoms with E-state index in [0.717, 1.165) is 18.4 Å². The van der Waals surface area contributed by atoms with E-state index in [1.807, 2.05) is 0 Å². The van der Waals surface area contributed by atoms with Gasteiger partial charge in [0, 0.05) is 5.41 Å². The molecule has 0 spiro atoms. The molecule has 1 saturated carbocycles. The van der Waals surface area contributed by atoms with E-state index in [0.29, 0.717) is 11.1 Å². The van der Waals surface area contributed by atoms with Crippen LogP contribution in [0.2, 0.25) is 0 Å². The lowest BCUT2D eigenvalue weighted by Gasteiger charge is -2.15. The van der Waals surface area contributed by atoms with Gasteiger partial charge in [0.1, 0.15) is 5.82 Å². The Morgan fingerprint density at radius 2 is 1.88 bits per heavy atom. The fourth-order valence-electron chi connectivity index (χ4n) is 2.26. The fourth-order valence-corrected chi connectivity index (χ4v) is 2.26. The molecule has 0 unspecified atom stereocenters. The van der Waals surface area contributed by atoms with Crippen molar-refractivity contribution in [1.82, 2.24) is 0 Å². The Hall–Kier alpha value is -1.38. The van der Waals surface area contributed by atoms with E-state index >= 15 is 0 Å². The van der Waals surface area contributed by atoms with Crippen LogP contribution >= 0.6 is 0 Å². The molecule has 0 atom stereocenters. The summed E-state index contributed by atoms with van der Waals surface area (Å²) in [5.41, 5.74) is 1.96. The van der Waals surface area contributed by atoms with E-state index in [2.05, 4.69) is 0 Å². The van der Waals surface area contributed by atoms with Gasteiger partial charge in [-0.25, -0.2) is 4.39 Å². The smallest absolute Gasteiger partial charge is 0.304 e. The van der Waals surface area contributed by atoms with Gasteiger partial charge in [0.05, 0.1) is 6.42 Å². The largest absolute Gasteiger partial charge is 0.481 e. The van der Waals surface area contributed by atoms with E-state index < -0.39 is 5.97 Å². The molecule has 0 radical (unpaired) electrons. The SMILES string of the molecule is Cc1cc(C2(CC(=O)O)CC2)cc(C)c1F. The zero-order valence-electron chi connectivity index (χ0n) is 9.51. The van der Waals surface area contributed by atoms with Crippen molar-refractivity contribution in [3.63, 3.8) is 0 Å². The van der Waals surface area contributed by atoms with E-state index in [1.165, 1.54) is 0 Å². The Balaban J connectivity index is 2.38. The zero-order chi connectivity index (χ0) is 11.9. The van der Waals surface area contributed by atoms with Crippen LogP contribution in [0.3, 0.4) is 0 Å². The van der Waals surface area contributed by atoms with E-state index in [1.54, 1.807) is 26.0 Å². The Morgan fingerprint density at radius 1 is 1.38 bits per heavy atom. The summed E-state index contributed by atoms with van der Waals surface area (Å²) in [5, 5.41) is 8.87. The van der Waals surface area contributed by atoms with Crippen LogP contribution in [0.1, 0.15) is 36.0 Å². The van der Waals surface area contributed by atoms with Crippen molar-refractivity contribution in [2.24, 2.45) is 0 Å². The van der Waals surface area contributed by atoms with Gasteiger partial charge in [0.15, 0.2) is 0 Å². The molecule has 1 fully saturated rings. The molecule has 0 aliphatic heterocycles. The average Bonchev–Trinajstić information content (AvgIpc) is 2.93. The summed E-state index contributed by atoms with van der Waals surface area (Å²) < 4.78 is 13.5. The lowest BCUT2D eigenvalue weighted by atomic mass is 9.90. The topological polar surface area (TPSA) is 37.3 Å². The number of carboxylic acid groups (broad SMARTS) is 1. The molecule has 1 aliphatic carbocycles. The minimum absolute atomic E-state index is 0.150. The normalized spacial score (nSPS) is 17.2. The van der Waals surface area contributed by atoms with Crippen molar-refractivity contribution in [1.29, 1.82) is 0 Å². The molecule has 2 nitrogen and oxygen atoms in total. The second kappa shape index (κ2) is 3.58. The summed E-state index contributed by atoms with van der Waals surface area (Å²) in [4.78, 5) is 10.8. The van der Waals surface area contributed by atoms with E-state index in [4.69, 9.17) is 5.11 Å². The Kier molecular flexibility index (Phi) is 2.49. The molecule has 1 aromatic rings. The fraction of sp³-hybridized carbons (Fsp3) is 0.462. The third kappa shape index (κ3) is 1.82. The molecule has 86 valence electrons. The van der Waals surface area contributed by atoms with E-state index in [9.17, 15) is 9.18 Å². The van der Waals surface area contributed by atoms with Crippen LogP contribution in [0.4, 0.5) is 4.39 Å². The maximum atomic E-state index is 13.5. The lowest BCUT2D eigenvalue weighted by molar-refractivity contribution is -0.137. The highest BCUT2D eigenvalue weighted by Gasteiger charge is 2.46. The van der Waals surface area contributed by atoms with Gasteiger partial charge in [-0.3, -0.25) is 4.79 Å². The van der Waals surface area contributed by atoms with Gasteiger partial charge >= 0.3 is 5.97 Å². The van der Waals surface area contributed by atoms with Gasteiger partial charge in [-0.1, -0.05) is 12.1 Å². The molecule has 16 heavy (non-hydrogen) atoms. The highest BCUT2D eigenvalue weighted by Crippen LogP contribution is 2.51. The van der Waals surface area contributed by atoms with Gasteiger partial charge < -0.3 is 5.11 Å². The molecule has 1 aromatic carbocycles. The van der Waals surface area contributed by atoms with E-state index in [-0.39, 0.29) is 17.7 Å². The summed E-state index contributed by atoms with van der Waals surface area (Å²) in [5.74, 6) is -0.966. The first-order chi connectivity index (χ1) is 7.44. The second-order valence-electron chi connectivity index (χ2n) is 4.77. The zero-order valence-corrected chi connectivity index (χ0v) is 9.51. The predicted octanol–water partition coefficient (Wildman–Crippen LogP) is 2.95. The van der Waals surface area contributed by atoms with Gasteiger partial charge in [0.2, 0.25) is 0 Å². The van der Waals surface area contributed by atoms with Crippen molar-refractivity contribution < 1.29 is 14.3 Å². The first-order valence-electron chi connectivity index (χ1n) is 5.44. The number of carbonyl (C=O) groups is 1. The van der Waals surface area contributed by atoms with Crippen molar-refractivity contribution >= 4 is 5.97 Å². The average molecular weight is 222 g/mol. The highest BCUT2D eigenvalue weighted by atomic mass is 19.1. The quantitative estimate of drug-likeness (QED) is 0.853. The van der Waals surface area contributed by atoms with Crippen LogP contribution < -0.4 is 0 Å². The number of hydrogen-bond donors (Lipinski definition) is 1. The lowest BCUT2D eigenvalue weighted by Crippen LogP contribution is -2.13. The van der Waals surface area contributed by atoms with Gasteiger partial charge in [0.25, 0.3) is 0 Å². The van der Waals surface area contributed by atoms with Crippen LogP contribution in [-0.4, -0.2) is 11.1 Å². The minimum Gasteiger partial charge on any atom is -0.481 e.